The van der Waals surface area contributed by atoms with Crippen molar-refractivity contribution in [2.75, 3.05) is 5.73 Å². The molecule has 0 amide bonds. The predicted octanol–water partition coefficient (Wildman–Crippen LogP) is 3.64. The molecule has 3 aromatic rings. The van der Waals surface area contributed by atoms with Crippen LogP contribution in [0.4, 0.5) is 5.82 Å². The first kappa shape index (κ1) is 15.9. The van der Waals surface area contributed by atoms with Crippen molar-refractivity contribution in [2.45, 2.75) is 38.1 Å². The predicted molar refractivity (Wildman–Crippen MR) is 92.5 cm³/mol. The third-order valence-corrected chi connectivity index (χ3v) is 5.40. The summed E-state index contributed by atoms with van der Waals surface area (Å²) in [4.78, 5) is 10.9. The molecule has 8 heteroatoms. The molecule has 2 N–H and O–H groups in total. The van der Waals surface area contributed by atoms with Crippen molar-refractivity contribution in [3.05, 3.63) is 34.2 Å². The van der Waals surface area contributed by atoms with Crippen LogP contribution in [0.25, 0.3) is 10.8 Å². The lowest BCUT2D eigenvalue weighted by Crippen LogP contribution is -1.96. The minimum atomic E-state index is 0.465. The van der Waals surface area contributed by atoms with Crippen molar-refractivity contribution in [1.82, 2.24) is 20.2 Å². The molecule has 6 nitrogen and oxygen atoms in total. The highest BCUT2D eigenvalue weighted by atomic mass is 32.2. The van der Waals surface area contributed by atoms with Gasteiger partial charge in [0.2, 0.25) is 5.89 Å². The normalized spacial score (nSPS) is 11.1. The molecular formula is C15H17N5OS2. The lowest BCUT2D eigenvalue weighted by molar-refractivity contribution is 0.529. The monoisotopic (exact) mass is 347 g/mol. The molecule has 0 unspecified atom stereocenters. The van der Waals surface area contributed by atoms with Gasteiger partial charge in [-0.25, -0.2) is 9.97 Å². The zero-order valence-corrected chi connectivity index (χ0v) is 14.8. The van der Waals surface area contributed by atoms with E-state index in [0.717, 1.165) is 17.0 Å². The van der Waals surface area contributed by atoms with Gasteiger partial charge in [-0.2, -0.15) is 0 Å². The van der Waals surface area contributed by atoms with E-state index in [0.29, 0.717) is 28.5 Å². The molecule has 0 bridgehead atoms. The second kappa shape index (κ2) is 6.67. The quantitative estimate of drug-likeness (QED) is 0.556. The minimum absolute atomic E-state index is 0.465. The van der Waals surface area contributed by atoms with E-state index in [4.69, 9.17) is 10.2 Å². The Morgan fingerprint density at radius 1 is 1.22 bits per heavy atom. The summed E-state index contributed by atoms with van der Waals surface area (Å²) in [6, 6.07) is 3.83. The smallest absolute Gasteiger partial charge is 0.257 e. The maximum absolute atomic E-state index is 5.75. The number of thioether (sulfide) groups is 1. The zero-order chi connectivity index (χ0) is 16.4. The van der Waals surface area contributed by atoms with Gasteiger partial charge >= 0.3 is 0 Å². The van der Waals surface area contributed by atoms with Crippen LogP contribution in [-0.2, 0) is 12.2 Å². The van der Waals surface area contributed by atoms with Crippen LogP contribution in [0.2, 0.25) is 0 Å². The minimum Gasteiger partial charge on any atom is -0.419 e. The van der Waals surface area contributed by atoms with Crippen molar-refractivity contribution in [2.24, 2.45) is 0 Å². The Balaban J connectivity index is 1.71. The molecule has 0 aliphatic carbocycles. The van der Waals surface area contributed by atoms with Gasteiger partial charge in [-0.1, -0.05) is 18.7 Å². The van der Waals surface area contributed by atoms with Crippen LogP contribution in [-0.4, -0.2) is 20.2 Å². The lowest BCUT2D eigenvalue weighted by Gasteiger charge is -2.00. The van der Waals surface area contributed by atoms with E-state index >= 15 is 0 Å². The van der Waals surface area contributed by atoms with Crippen LogP contribution in [0.5, 0.6) is 0 Å². The van der Waals surface area contributed by atoms with Crippen LogP contribution in [0.15, 0.2) is 21.7 Å². The highest BCUT2D eigenvalue weighted by molar-refractivity contribution is 7.98. The number of aryl methyl sites for hydroxylation is 3. The van der Waals surface area contributed by atoms with Gasteiger partial charge in [0.1, 0.15) is 5.82 Å². The zero-order valence-electron chi connectivity index (χ0n) is 13.2. The van der Waals surface area contributed by atoms with E-state index in [1.54, 1.807) is 17.4 Å². The lowest BCUT2D eigenvalue weighted by atomic mass is 10.2. The second-order valence-corrected chi connectivity index (χ2v) is 7.16. The first-order valence-electron chi connectivity index (χ1n) is 7.21. The summed E-state index contributed by atoms with van der Waals surface area (Å²) in [6.07, 6.45) is 1.01. The topological polar surface area (TPSA) is 90.7 Å². The van der Waals surface area contributed by atoms with Crippen molar-refractivity contribution in [3.8, 4) is 10.8 Å². The molecule has 0 saturated heterocycles. The van der Waals surface area contributed by atoms with Crippen LogP contribution >= 0.6 is 23.1 Å². The van der Waals surface area contributed by atoms with Gasteiger partial charge in [-0.15, -0.1) is 21.5 Å². The Hall–Kier alpha value is -1.93. The Labute approximate surface area is 142 Å². The molecule has 0 saturated carbocycles. The maximum atomic E-state index is 5.75. The van der Waals surface area contributed by atoms with Gasteiger partial charge in [0.25, 0.3) is 5.89 Å². The molecule has 0 aromatic carbocycles. The molecule has 0 aliphatic heterocycles. The Morgan fingerprint density at radius 3 is 2.74 bits per heavy atom. The summed E-state index contributed by atoms with van der Waals surface area (Å²) in [6.45, 7) is 6.13. The third-order valence-electron chi connectivity index (χ3n) is 3.20. The second-order valence-electron chi connectivity index (χ2n) is 5.08. The summed E-state index contributed by atoms with van der Waals surface area (Å²) in [5.41, 5.74) is 7.83. The number of nitrogens with zero attached hydrogens (tertiary/aromatic N) is 4. The van der Waals surface area contributed by atoms with Crippen molar-refractivity contribution >= 4 is 28.9 Å². The van der Waals surface area contributed by atoms with Crippen molar-refractivity contribution in [3.63, 3.8) is 0 Å². The fraction of sp³-hybridized carbons (Fsp3) is 0.333. The van der Waals surface area contributed by atoms with Crippen LogP contribution < -0.4 is 5.73 Å². The largest absolute Gasteiger partial charge is 0.419 e. The summed E-state index contributed by atoms with van der Waals surface area (Å²) < 4.78 is 5.75. The van der Waals surface area contributed by atoms with E-state index in [1.807, 2.05) is 6.92 Å². The fourth-order valence-electron chi connectivity index (χ4n) is 2.14. The molecule has 0 atom stereocenters. The average Bonchev–Trinajstić information content (AvgIpc) is 3.10. The standard InChI is InChI=1S/C15H17N5OS2/c1-4-10-8(2)5-11(23-10)14-20-19-13(21-14)7-22-15-17-9(3)6-12(16)18-15/h5-6H,4,7H2,1-3H3,(H2,16,17,18). The molecular weight excluding hydrogens is 330 g/mol. The van der Waals surface area contributed by atoms with E-state index in [1.165, 1.54) is 22.2 Å². The van der Waals surface area contributed by atoms with Gasteiger partial charge in [-0.05, 0) is 31.9 Å². The number of anilines is 1. The average molecular weight is 347 g/mol. The number of nitrogens with two attached hydrogens (primary N) is 1. The van der Waals surface area contributed by atoms with Crippen molar-refractivity contribution < 1.29 is 4.42 Å². The Kier molecular flexibility index (Phi) is 4.63. The molecule has 23 heavy (non-hydrogen) atoms. The Morgan fingerprint density at radius 2 is 2.04 bits per heavy atom. The molecule has 0 fully saturated rings. The van der Waals surface area contributed by atoms with Crippen LogP contribution in [0.3, 0.4) is 0 Å². The highest BCUT2D eigenvalue weighted by Crippen LogP contribution is 2.31. The van der Waals surface area contributed by atoms with E-state index in [-0.39, 0.29) is 0 Å². The number of aromatic nitrogens is 4. The fourth-order valence-corrected chi connectivity index (χ4v) is 3.93. The summed E-state index contributed by atoms with van der Waals surface area (Å²) in [5, 5.41) is 8.85. The highest BCUT2D eigenvalue weighted by Gasteiger charge is 2.13. The first-order chi connectivity index (χ1) is 11.0. The molecule has 120 valence electrons. The first-order valence-corrected chi connectivity index (χ1v) is 9.01. The maximum Gasteiger partial charge on any atom is 0.257 e. The molecule has 0 aliphatic rings. The Bertz CT molecular complexity index is 807. The number of hydrogen-bond acceptors (Lipinski definition) is 8. The molecule has 3 rings (SSSR count). The van der Waals surface area contributed by atoms with Gasteiger partial charge in [0.15, 0.2) is 5.16 Å². The van der Waals surface area contributed by atoms with Gasteiger partial charge in [0, 0.05) is 16.6 Å². The van der Waals surface area contributed by atoms with Crippen LogP contribution in [0, 0.1) is 13.8 Å². The molecule has 0 radical (unpaired) electrons. The van der Waals surface area contributed by atoms with Gasteiger partial charge < -0.3 is 10.2 Å². The van der Waals surface area contributed by atoms with E-state index in [2.05, 4.69) is 40.1 Å². The van der Waals surface area contributed by atoms with E-state index in [9.17, 15) is 0 Å². The number of rotatable bonds is 5. The molecule has 0 spiro atoms. The summed E-state index contributed by atoms with van der Waals surface area (Å²) >= 11 is 3.13. The van der Waals surface area contributed by atoms with Gasteiger partial charge in [-0.3, -0.25) is 0 Å². The number of thiophene rings is 1. The SMILES string of the molecule is CCc1sc(-c2nnc(CSc3nc(C)cc(N)n3)o2)cc1C. The molecule has 3 heterocycles. The van der Waals surface area contributed by atoms with Crippen LogP contribution in [0.1, 0.15) is 28.9 Å². The molecule has 3 aromatic heterocycles. The third kappa shape index (κ3) is 3.70. The number of nitrogen functional groups attached to an aromatic ring is 1. The van der Waals surface area contributed by atoms with Crippen molar-refractivity contribution in [1.29, 1.82) is 0 Å². The summed E-state index contributed by atoms with van der Waals surface area (Å²) in [5.74, 6) is 2.10. The number of hydrogen-bond donors (Lipinski definition) is 1. The summed E-state index contributed by atoms with van der Waals surface area (Å²) in [7, 11) is 0. The van der Waals surface area contributed by atoms with Gasteiger partial charge in [0.05, 0.1) is 10.6 Å². The van der Waals surface area contributed by atoms with E-state index < -0.39 is 0 Å².